The molecule has 25 heavy (non-hydrogen) atoms. The van der Waals surface area contributed by atoms with Crippen molar-refractivity contribution in [3.05, 3.63) is 35.0 Å². The Kier molecular flexibility index (Phi) is 3.81. The van der Waals surface area contributed by atoms with Crippen LogP contribution < -0.4 is 5.32 Å². The van der Waals surface area contributed by atoms with Gasteiger partial charge in [0.05, 0.1) is 11.1 Å². The molecule has 1 amide bonds. The van der Waals surface area contributed by atoms with E-state index in [1.165, 1.54) is 55.3 Å². The van der Waals surface area contributed by atoms with E-state index < -0.39 is 0 Å². The first-order valence-corrected chi connectivity index (χ1v) is 9.98. The summed E-state index contributed by atoms with van der Waals surface area (Å²) in [5.41, 5.74) is 4.66. The second-order valence-corrected chi connectivity index (χ2v) is 7.99. The number of hydrogen-bond acceptors (Lipinski definition) is 2. The molecular formula is C21H27N3O. The summed E-state index contributed by atoms with van der Waals surface area (Å²) < 4.78 is 0. The van der Waals surface area contributed by atoms with Crippen molar-refractivity contribution in [1.29, 1.82) is 0 Å². The lowest BCUT2D eigenvalue weighted by atomic mass is 9.95. The van der Waals surface area contributed by atoms with Crippen LogP contribution in [0.4, 0.5) is 0 Å². The predicted molar refractivity (Wildman–Crippen MR) is 100 cm³/mol. The van der Waals surface area contributed by atoms with Gasteiger partial charge in [0, 0.05) is 29.7 Å². The van der Waals surface area contributed by atoms with Gasteiger partial charge >= 0.3 is 0 Å². The Morgan fingerprint density at radius 1 is 1.08 bits per heavy atom. The summed E-state index contributed by atoms with van der Waals surface area (Å²) in [6, 6.07) is 7.06. The van der Waals surface area contributed by atoms with Crippen molar-refractivity contribution in [2.75, 3.05) is 13.1 Å². The van der Waals surface area contributed by atoms with E-state index in [0.717, 1.165) is 36.9 Å². The maximum absolute atomic E-state index is 13.1. The summed E-state index contributed by atoms with van der Waals surface area (Å²) in [4.78, 5) is 19.2. The van der Waals surface area contributed by atoms with Crippen LogP contribution in [-0.2, 0) is 12.8 Å². The molecule has 0 radical (unpaired) electrons. The Labute approximate surface area is 149 Å². The monoisotopic (exact) mass is 337 g/mol. The molecule has 4 heteroatoms. The van der Waals surface area contributed by atoms with Crippen molar-refractivity contribution in [2.45, 2.75) is 63.5 Å². The number of carbonyl (C=O) groups excluding carboxylic acids is 1. The number of hydrogen-bond donors (Lipinski definition) is 2. The summed E-state index contributed by atoms with van der Waals surface area (Å²) in [6.45, 7) is 2.34. The van der Waals surface area contributed by atoms with Gasteiger partial charge in [-0.15, -0.1) is 0 Å². The fourth-order valence-corrected chi connectivity index (χ4v) is 5.28. The van der Waals surface area contributed by atoms with Crippen molar-refractivity contribution in [2.24, 2.45) is 0 Å². The lowest BCUT2D eigenvalue weighted by Gasteiger charge is -2.32. The number of H-pyrrole nitrogens is 1. The van der Waals surface area contributed by atoms with Gasteiger partial charge in [0.25, 0.3) is 5.91 Å². The van der Waals surface area contributed by atoms with Crippen molar-refractivity contribution in [3.63, 3.8) is 0 Å². The topological polar surface area (TPSA) is 48.1 Å². The highest BCUT2D eigenvalue weighted by Gasteiger charge is 2.36. The van der Waals surface area contributed by atoms with Crippen LogP contribution in [0.5, 0.6) is 0 Å². The summed E-state index contributed by atoms with van der Waals surface area (Å²) in [5.74, 6) is 0.0987. The Morgan fingerprint density at radius 2 is 2.00 bits per heavy atom. The number of para-hydroxylation sites is 1. The average molecular weight is 337 g/mol. The Hall–Kier alpha value is -1.81. The van der Waals surface area contributed by atoms with Crippen LogP contribution in [0.2, 0.25) is 0 Å². The Morgan fingerprint density at radius 3 is 2.96 bits per heavy atom. The summed E-state index contributed by atoms with van der Waals surface area (Å²) in [7, 11) is 0. The number of piperidine rings is 1. The molecule has 2 atom stereocenters. The lowest BCUT2D eigenvalue weighted by molar-refractivity contribution is 0.0917. The van der Waals surface area contributed by atoms with Crippen LogP contribution in [0.15, 0.2) is 18.2 Å². The first kappa shape index (κ1) is 15.4. The largest absolute Gasteiger partial charge is 0.358 e. The molecule has 132 valence electrons. The number of nitrogens with zero attached hydrogens (tertiary/aromatic N) is 1. The van der Waals surface area contributed by atoms with Gasteiger partial charge in [-0.25, -0.2) is 0 Å². The van der Waals surface area contributed by atoms with E-state index in [1.807, 2.05) is 12.1 Å². The molecule has 2 aliphatic heterocycles. The molecule has 1 aliphatic carbocycles. The zero-order chi connectivity index (χ0) is 16.8. The second-order valence-electron chi connectivity index (χ2n) is 7.99. The van der Waals surface area contributed by atoms with Crippen LogP contribution in [0.1, 0.15) is 60.1 Å². The first-order chi connectivity index (χ1) is 12.3. The fraction of sp³-hybridized carbons (Fsp3) is 0.571. The number of aromatic amines is 1. The van der Waals surface area contributed by atoms with Gasteiger partial charge in [-0.3, -0.25) is 9.69 Å². The Bertz CT molecular complexity index is 809. The smallest absolute Gasteiger partial charge is 0.253 e. The van der Waals surface area contributed by atoms with E-state index >= 15 is 0 Å². The molecule has 0 bridgehead atoms. The number of amides is 1. The van der Waals surface area contributed by atoms with E-state index in [4.69, 9.17) is 0 Å². The second kappa shape index (κ2) is 6.17. The number of benzene rings is 1. The summed E-state index contributed by atoms with van der Waals surface area (Å²) >= 11 is 0. The Balaban J connectivity index is 1.43. The van der Waals surface area contributed by atoms with Gasteiger partial charge in [0.2, 0.25) is 0 Å². The van der Waals surface area contributed by atoms with Crippen LogP contribution in [0, 0.1) is 0 Å². The molecule has 2 saturated heterocycles. The number of nitrogens with one attached hydrogen (secondary N) is 2. The highest BCUT2D eigenvalue weighted by molar-refractivity contribution is 6.07. The third-order valence-corrected chi connectivity index (χ3v) is 6.55. The molecule has 1 aromatic heterocycles. The van der Waals surface area contributed by atoms with Crippen LogP contribution in [0.3, 0.4) is 0 Å². The quantitative estimate of drug-likeness (QED) is 0.882. The average Bonchev–Trinajstić information content (AvgIpc) is 3.23. The van der Waals surface area contributed by atoms with Crippen LogP contribution in [0.25, 0.3) is 10.9 Å². The normalized spacial score (nSPS) is 26.4. The van der Waals surface area contributed by atoms with Gasteiger partial charge in [-0.2, -0.15) is 0 Å². The maximum atomic E-state index is 13.1. The summed E-state index contributed by atoms with van der Waals surface area (Å²) in [6.07, 6.45) is 9.69. The molecule has 3 aliphatic rings. The molecule has 1 aromatic carbocycles. The van der Waals surface area contributed by atoms with Crippen molar-refractivity contribution >= 4 is 16.8 Å². The van der Waals surface area contributed by atoms with Crippen molar-refractivity contribution in [3.8, 4) is 0 Å². The minimum atomic E-state index is 0.0987. The van der Waals surface area contributed by atoms with Gasteiger partial charge in [-0.1, -0.05) is 18.6 Å². The number of aromatic nitrogens is 1. The zero-order valence-electron chi connectivity index (χ0n) is 14.8. The van der Waals surface area contributed by atoms with E-state index in [2.05, 4.69) is 21.3 Å². The van der Waals surface area contributed by atoms with Gasteiger partial charge in [0.1, 0.15) is 0 Å². The third kappa shape index (κ3) is 2.58. The molecule has 2 N–H and O–H groups in total. The van der Waals surface area contributed by atoms with Crippen LogP contribution >= 0.6 is 0 Å². The number of carbonyl (C=O) groups is 1. The molecule has 0 saturated carbocycles. The highest BCUT2D eigenvalue weighted by atomic mass is 16.1. The van der Waals surface area contributed by atoms with E-state index in [1.54, 1.807) is 0 Å². The molecule has 0 spiro atoms. The maximum Gasteiger partial charge on any atom is 0.253 e. The van der Waals surface area contributed by atoms with Gasteiger partial charge in [0.15, 0.2) is 0 Å². The van der Waals surface area contributed by atoms with Gasteiger partial charge in [-0.05, 0) is 63.1 Å². The lowest BCUT2D eigenvalue weighted by Crippen LogP contribution is -2.46. The minimum Gasteiger partial charge on any atom is -0.358 e. The first-order valence-electron chi connectivity index (χ1n) is 9.98. The summed E-state index contributed by atoms with van der Waals surface area (Å²) in [5, 5.41) is 4.62. The molecule has 5 rings (SSSR count). The van der Waals surface area contributed by atoms with E-state index in [0.29, 0.717) is 12.1 Å². The highest BCUT2D eigenvalue weighted by Crippen LogP contribution is 2.31. The molecule has 2 fully saturated rings. The zero-order valence-corrected chi connectivity index (χ0v) is 14.8. The third-order valence-electron chi connectivity index (χ3n) is 6.55. The molecule has 3 heterocycles. The minimum absolute atomic E-state index is 0.0987. The van der Waals surface area contributed by atoms with Crippen molar-refractivity contribution in [1.82, 2.24) is 15.2 Å². The molecule has 0 unspecified atom stereocenters. The predicted octanol–water partition coefficient (Wildman–Crippen LogP) is 3.40. The van der Waals surface area contributed by atoms with Crippen molar-refractivity contribution < 1.29 is 4.79 Å². The molecule has 4 nitrogen and oxygen atoms in total. The number of fused-ring (bicyclic) bond motifs is 4. The molecular weight excluding hydrogens is 310 g/mol. The number of rotatable bonds is 2. The van der Waals surface area contributed by atoms with Gasteiger partial charge < -0.3 is 10.3 Å². The van der Waals surface area contributed by atoms with E-state index in [-0.39, 0.29) is 5.91 Å². The molecule has 2 aromatic rings. The van der Waals surface area contributed by atoms with Crippen LogP contribution in [-0.4, -0.2) is 41.0 Å². The number of aryl methyl sites for hydroxylation is 2. The SMILES string of the molecule is O=C(N[C@H]1CCN2CCCC[C@@H]12)c1cccc2c3c([nH]c12)CCCC3. The fourth-order valence-electron chi connectivity index (χ4n) is 5.28. The standard InChI is InChI=1S/C21H27N3O/c25-21(23-18-11-13-24-12-4-3-10-19(18)24)16-8-5-7-15-14-6-1-2-9-17(14)22-20(15)16/h5,7-8,18-19,22H,1-4,6,9-13H2,(H,23,25)/t18-,19-/m0/s1. The van der Waals surface area contributed by atoms with E-state index in [9.17, 15) is 4.79 Å².